The van der Waals surface area contributed by atoms with E-state index in [0.717, 1.165) is 0 Å². The number of hydrogen-bond acceptors (Lipinski definition) is 3. The molecule has 0 bridgehead atoms. The van der Waals surface area contributed by atoms with Crippen LogP contribution in [0.3, 0.4) is 0 Å². The Morgan fingerprint density at radius 2 is 2.50 bits per heavy atom. The molecule has 0 saturated carbocycles. The molecular weight excluding hydrogens is 188 g/mol. The van der Waals surface area contributed by atoms with Crippen molar-refractivity contribution in [2.75, 3.05) is 13.2 Å². The van der Waals surface area contributed by atoms with E-state index >= 15 is 0 Å². The number of rotatable bonds is 2. The summed E-state index contributed by atoms with van der Waals surface area (Å²) in [4.78, 5) is 24.8. The van der Waals surface area contributed by atoms with Gasteiger partial charge in [-0.25, -0.2) is 9.59 Å². The summed E-state index contributed by atoms with van der Waals surface area (Å²) in [5, 5.41) is 9.11. The van der Waals surface area contributed by atoms with E-state index in [1.165, 1.54) is 17.0 Å². The summed E-state index contributed by atoms with van der Waals surface area (Å²) in [6.07, 6.45) is 3.18. The van der Waals surface area contributed by atoms with Gasteiger partial charge in [-0.2, -0.15) is 0 Å². The maximum Gasteiger partial charge on any atom is 0.332 e. The topological polar surface area (TPSA) is 84.3 Å². The van der Waals surface area contributed by atoms with Gasteiger partial charge >= 0.3 is 11.7 Å². The third-order valence-corrected chi connectivity index (χ3v) is 2.51. The summed E-state index contributed by atoms with van der Waals surface area (Å²) in [5.41, 5.74) is -1.64. The molecule has 1 aliphatic rings. The van der Waals surface area contributed by atoms with Crippen LogP contribution in [0.5, 0.6) is 0 Å². The van der Waals surface area contributed by atoms with Crippen molar-refractivity contribution in [3.05, 3.63) is 22.9 Å². The van der Waals surface area contributed by atoms with Gasteiger partial charge < -0.3 is 14.8 Å². The van der Waals surface area contributed by atoms with Crippen LogP contribution < -0.4 is 5.69 Å². The second kappa shape index (κ2) is 2.98. The fourth-order valence-electron chi connectivity index (χ4n) is 1.67. The predicted molar refractivity (Wildman–Crippen MR) is 46.1 cm³/mol. The molecule has 0 aliphatic carbocycles. The molecule has 76 valence electrons. The largest absolute Gasteiger partial charge is 0.479 e. The van der Waals surface area contributed by atoms with Gasteiger partial charge in [0.15, 0.2) is 5.54 Å². The first kappa shape index (κ1) is 9.01. The van der Waals surface area contributed by atoms with Gasteiger partial charge in [-0.15, -0.1) is 0 Å². The maximum atomic E-state index is 11.3. The van der Waals surface area contributed by atoms with Crippen molar-refractivity contribution >= 4 is 5.97 Å². The van der Waals surface area contributed by atoms with E-state index in [2.05, 4.69) is 4.98 Å². The Hall–Kier alpha value is -1.56. The van der Waals surface area contributed by atoms with Crippen LogP contribution in [0.25, 0.3) is 0 Å². The average Bonchev–Trinajstić information content (AvgIpc) is 2.72. The molecule has 1 aromatic rings. The van der Waals surface area contributed by atoms with E-state index in [1.54, 1.807) is 0 Å². The standard InChI is InChI=1S/C8H10N2O4/c11-6(12)8(1-4-14-5-8)10-3-2-9-7(10)13/h2-3H,1,4-5H2,(H,9,13)(H,11,12). The highest BCUT2D eigenvalue weighted by Gasteiger charge is 2.45. The van der Waals surface area contributed by atoms with Crippen molar-refractivity contribution in [2.45, 2.75) is 12.0 Å². The molecule has 1 aromatic heterocycles. The van der Waals surface area contributed by atoms with Gasteiger partial charge in [-0.3, -0.25) is 4.57 Å². The predicted octanol–water partition coefficient (Wildman–Crippen LogP) is -0.623. The smallest absolute Gasteiger partial charge is 0.332 e. The highest BCUT2D eigenvalue weighted by molar-refractivity contribution is 5.77. The Bertz CT molecular complexity index is 399. The molecule has 0 radical (unpaired) electrons. The molecule has 6 heteroatoms. The van der Waals surface area contributed by atoms with E-state index in [9.17, 15) is 9.59 Å². The molecule has 1 saturated heterocycles. The van der Waals surface area contributed by atoms with Gasteiger partial charge in [0.25, 0.3) is 0 Å². The van der Waals surface area contributed by atoms with Crippen molar-refractivity contribution in [3.63, 3.8) is 0 Å². The number of carboxylic acid groups (broad SMARTS) is 1. The number of nitrogens with one attached hydrogen (secondary N) is 1. The summed E-state index contributed by atoms with van der Waals surface area (Å²) >= 11 is 0. The zero-order chi connectivity index (χ0) is 10.2. The number of H-pyrrole nitrogens is 1. The van der Waals surface area contributed by atoms with Crippen LogP contribution in [0.15, 0.2) is 17.2 Å². The third-order valence-electron chi connectivity index (χ3n) is 2.51. The first-order chi connectivity index (χ1) is 6.67. The minimum Gasteiger partial charge on any atom is -0.479 e. The van der Waals surface area contributed by atoms with Gasteiger partial charge in [-0.1, -0.05) is 0 Å². The van der Waals surface area contributed by atoms with Crippen molar-refractivity contribution < 1.29 is 14.6 Å². The molecule has 6 nitrogen and oxygen atoms in total. The lowest BCUT2D eigenvalue weighted by Crippen LogP contribution is -2.46. The lowest BCUT2D eigenvalue weighted by molar-refractivity contribution is -0.147. The number of aromatic amines is 1. The third kappa shape index (κ3) is 1.07. The first-order valence-electron chi connectivity index (χ1n) is 4.24. The number of imidazole rings is 1. The minimum absolute atomic E-state index is 0.0418. The summed E-state index contributed by atoms with van der Waals surface area (Å²) in [5.74, 6) is -1.03. The van der Waals surface area contributed by atoms with Gasteiger partial charge in [0.2, 0.25) is 0 Å². The summed E-state index contributed by atoms with van der Waals surface area (Å²) < 4.78 is 6.23. The quantitative estimate of drug-likeness (QED) is 0.663. The molecule has 2 rings (SSSR count). The van der Waals surface area contributed by atoms with Gasteiger partial charge in [0, 0.05) is 25.4 Å². The molecule has 1 fully saturated rings. The second-order valence-corrected chi connectivity index (χ2v) is 3.27. The fourth-order valence-corrected chi connectivity index (χ4v) is 1.67. The van der Waals surface area contributed by atoms with E-state index in [1.807, 2.05) is 0 Å². The number of aliphatic carboxylic acids is 1. The van der Waals surface area contributed by atoms with E-state index < -0.39 is 17.2 Å². The molecule has 1 atom stereocenters. The van der Waals surface area contributed by atoms with Crippen molar-refractivity contribution in [1.29, 1.82) is 0 Å². The molecule has 0 spiro atoms. The first-order valence-corrected chi connectivity index (χ1v) is 4.24. The molecule has 0 amide bonds. The number of carbonyl (C=O) groups is 1. The molecule has 2 heterocycles. The maximum absolute atomic E-state index is 11.3. The summed E-state index contributed by atoms with van der Waals surface area (Å²) in [6, 6.07) is 0. The molecular formula is C8H10N2O4. The van der Waals surface area contributed by atoms with Gasteiger partial charge in [0.1, 0.15) is 0 Å². The molecule has 14 heavy (non-hydrogen) atoms. The Kier molecular flexibility index (Phi) is 1.92. The Morgan fingerprint density at radius 1 is 1.71 bits per heavy atom. The summed E-state index contributed by atoms with van der Waals surface area (Å²) in [6.45, 7) is 0.407. The lowest BCUT2D eigenvalue weighted by Gasteiger charge is -2.22. The van der Waals surface area contributed by atoms with Gasteiger partial charge in [0.05, 0.1) is 6.61 Å². The lowest BCUT2D eigenvalue weighted by atomic mass is 9.99. The second-order valence-electron chi connectivity index (χ2n) is 3.27. The molecule has 0 aromatic carbocycles. The number of hydrogen-bond donors (Lipinski definition) is 2. The Labute approximate surface area is 79.1 Å². The SMILES string of the molecule is O=C(O)C1(n2cc[nH]c2=O)CCOC1. The highest BCUT2D eigenvalue weighted by atomic mass is 16.5. The van der Waals surface area contributed by atoms with Crippen LogP contribution in [0, 0.1) is 0 Å². The molecule has 1 unspecified atom stereocenters. The van der Waals surface area contributed by atoms with E-state index in [0.29, 0.717) is 13.0 Å². The zero-order valence-corrected chi connectivity index (χ0v) is 7.40. The van der Waals surface area contributed by atoms with Crippen molar-refractivity contribution in [3.8, 4) is 0 Å². The van der Waals surface area contributed by atoms with E-state index in [4.69, 9.17) is 9.84 Å². The van der Waals surface area contributed by atoms with E-state index in [-0.39, 0.29) is 6.61 Å². The van der Waals surface area contributed by atoms with Gasteiger partial charge in [-0.05, 0) is 0 Å². The average molecular weight is 198 g/mol. The summed E-state index contributed by atoms with van der Waals surface area (Å²) in [7, 11) is 0. The number of aromatic nitrogens is 2. The monoisotopic (exact) mass is 198 g/mol. The Balaban J connectivity index is 2.52. The molecule has 2 N–H and O–H groups in total. The van der Waals surface area contributed by atoms with Crippen molar-refractivity contribution in [2.24, 2.45) is 0 Å². The Morgan fingerprint density at radius 3 is 2.93 bits per heavy atom. The molecule has 1 aliphatic heterocycles. The highest BCUT2D eigenvalue weighted by Crippen LogP contribution is 2.26. The number of nitrogens with zero attached hydrogens (tertiary/aromatic N) is 1. The zero-order valence-electron chi connectivity index (χ0n) is 7.40. The van der Waals surface area contributed by atoms with Crippen molar-refractivity contribution in [1.82, 2.24) is 9.55 Å². The van der Waals surface area contributed by atoms with Crippen LogP contribution in [-0.4, -0.2) is 33.8 Å². The fraction of sp³-hybridized carbons (Fsp3) is 0.500. The minimum atomic E-state index is -1.23. The number of ether oxygens (including phenoxy) is 1. The van der Waals surface area contributed by atoms with Crippen LogP contribution in [-0.2, 0) is 15.1 Å². The van der Waals surface area contributed by atoms with Crippen LogP contribution in [0.4, 0.5) is 0 Å². The van der Waals surface area contributed by atoms with Crippen LogP contribution >= 0.6 is 0 Å². The number of carboxylic acids is 1. The van der Waals surface area contributed by atoms with Crippen LogP contribution in [0.2, 0.25) is 0 Å². The normalized spacial score (nSPS) is 26.6. The van der Waals surface area contributed by atoms with Crippen LogP contribution in [0.1, 0.15) is 6.42 Å².